The molecule has 1 amide bonds. The lowest BCUT2D eigenvalue weighted by molar-refractivity contribution is 0.0948. The Hall–Kier alpha value is -2.63. The fourth-order valence-corrected chi connectivity index (χ4v) is 3.27. The summed E-state index contributed by atoms with van der Waals surface area (Å²) in [7, 11) is 3.25. The van der Waals surface area contributed by atoms with Gasteiger partial charge in [0.15, 0.2) is 5.69 Å². The number of carbonyl (C=O) groups excluding carboxylic acids is 1. The number of nitrogens with zero attached hydrogens (tertiary/aromatic N) is 2. The Balaban J connectivity index is 1.70. The molecule has 1 aliphatic carbocycles. The maximum Gasteiger partial charge on any atom is 0.271 e. The van der Waals surface area contributed by atoms with Crippen LogP contribution in [0.25, 0.3) is 11.3 Å². The highest BCUT2D eigenvalue weighted by Crippen LogP contribution is 2.30. The summed E-state index contributed by atoms with van der Waals surface area (Å²) >= 11 is 0. The third-order valence-electron chi connectivity index (χ3n) is 4.67. The van der Waals surface area contributed by atoms with Crippen molar-refractivity contribution >= 4 is 5.91 Å². The monoisotopic (exact) mass is 357 g/mol. The van der Waals surface area contributed by atoms with E-state index in [0.717, 1.165) is 19.3 Å². The van der Waals surface area contributed by atoms with E-state index in [1.807, 2.05) is 0 Å². The van der Waals surface area contributed by atoms with Gasteiger partial charge in [-0.2, -0.15) is 5.10 Å². The third-order valence-corrected chi connectivity index (χ3v) is 4.67. The number of aryl methyl sites for hydroxylation is 1. The van der Waals surface area contributed by atoms with Gasteiger partial charge >= 0.3 is 0 Å². The largest absolute Gasteiger partial charge is 0.496 e. The zero-order valence-corrected chi connectivity index (χ0v) is 15.2. The molecule has 0 bridgehead atoms. The summed E-state index contributed by atoms with van der Waals surface area (Å²) < 4.78 is 20.5. The van der Waals surface area contributed by atoms with Crippen molar-refractivity contribution in [1.29, 1.82) is 0 Å². The highest BCUT2D eigenvalue weighted by Gasteiger charge is 2.17. The fraction of sp³-hybridized carbons (Fsp3) is 0.400. The van der Waals surface area contributed by atoms with Crippen LogP contribution in [0.3, 0.4) is 0 Å². The first-order chi connectivity index (χ1) is 12.6. The molecular weight excluding hydrogens is 333 g/mol. The van der Waals surface area contributed by atoms with Crippen LogP contribution in [0.4, 0.5) is 4.39 Å². The Morgan fingerprint density at radius 2 is 2.19 bits per heavy atom. The first-order valence-corrected chi connectivity index (χ1v) is 8.92. The zero-order valence-electron chi connectivity index (χ0n) is 15.2. The van der Waals surface area contributed by atoms with Crippen LogP contribution in [0.2, 0.25) is 0 Å². The number of amides is 1. The molecule has 0 saturated carbocycles. The van der Waals surface area contributed by atoms with Gasteiger partial charge in [-0.05, 0) is 56.4 Å². The Morgan fingerprint density at radius 1 is 1.35 bits per heavy atom. The molecule has 1 aliphatic rings. The number of aromatic nitrogens is 2. The Labute approximate surface area is 152 Å². The quantitative estimate of drug-likeness (QED) is 0.799. The molecule has 5 nitrogen and oxygen atoms in total. The lowest BCUT2D eigenvalue weighted by atomic mass is 9.97. The van der Waals surface area contributed by atoms with Crippen molar-refractivity contribution in [2.75, 3.05) is 13.7 Å². The van der Waals surface area contributed by atoms with E-state index in [1.54, 1.807) is 23.9 Å². The first kappa shape index (κ1) is 18.2. The molecule has 0 atom stereocenters. The highest BCUT2D eigenvalue weighted by molar-refractivity contribution is 5.93. The molecule has 0 unspecified atom stereocenters. The first-order valence-electron chi connectivity index (χ1n) is 8.92. The Bertz CT molecular complexity index is 826. The van der Waals surface area contributed by atoms with Gasteiger partial charge < -0.3 is 10.1 Å². The minimum absolute atomic E-state index is 0.223. The van der Waals surface area contributed by atoms with Gasteiger partial charge in [0.05, 0.1) is 12.8 Å². The molecule has 0 fully saturated rings. The van der Waals surface area contributed by atoms with Crippen LogP contribution < -0.4 is 10.1 Å². The number of halogens is 1. The molecule has 1 aromatic carbocycles. The van der Waals surface area contributed by atoms with E-state index in [1.165, 1.54) is 37.7 Å². The molecule has 0 radical (unpaired) electrons. The standard InChI is InChI=1S/C20H24FN3O2/c1-24-18(16-12-15(21)8-9-19(16)26-2)13-17(23-24)20(25)22-11-10-14-6-4-3-5-7-14/h6,8-9,12-13H,3-5,7,10-11H2,1-2H3,(H,22,25). The Kier molecular flexibility index (Phi) is 5.71. The van der Waals surface area contributed by atoms with Gasteiger partial charge in [0.2, 0.25) is 0 Å². The Morgan fingerprint density at radius 3 is 2.92 bits per heavy atom. The van der Waals surface area contributed by atoms with E-state index >= 15 is 0 Å². The molecule has 0 aliphatic heterocycles. The molecule has 0 spiro atoms. The molecule has 1 N–H and O–H groups in total. The molecule has 1 heterocycles. The number of hydrogen-bond donors (Lipinski definition) is 1. The van der Waals surface area contributed by atoms with Crippen LogP contribution in [0.1, 0.15) is 42.6 Å². The van der Waals surface area contributed by atoms with Crippen LogP contribution in [-0.2, 0) is 7.05 Å². The molecule has 2 aromatic rings. The number of carbonyl (C=O) groups is 1. The lowest BCUT2D eigenvalue weighted by Crippen LogP contribution is -2.25. The minimum atomic E-state index is -0.367. The second-order valence-corrected chi connectivity index (χ2v) is 6.50. The smallest absolute Gasteiger partial charge is 0.271 e. The number of rotatable bonds is 6. The summed E-state index contributed by atoms with van der Waals surface area (Å²) in [6.07, 6.45) is 7.92. The van der Waals surface area contributed by atoms with E-state index in [4.69, 9.17) is 4.74 Å². The maximum atomic E-state index is 13.6. The average Bonchev–Trinajstić information content (AvgIpc) is 3.04. The van der Waals surface area contributed by atoms with Gasteiger partial charge in [0, 0.05) is 19.2 Å². The van der Waals surface area contributed by atoms with Crippen molar-refractivity contribution in [3.63, 3.8) is 0 Å². The van der Waals surface area contributed by atoms with Crippen LogP contribution >= 0.6 is 0 Å². The van der Waals surface area contributed by atoms with E-state index in [-0.39, 0.29) is 11.7 Å². The molecule has 1 aromatic heterocycles. The molecular formula is C20H24FN3O2. The van der Waals surface area contributed by atoms with Gasteiger partial charge in [-0.3, -0.25) is 9.48 Å². The molecule has 26 heavy (non-hydrogen) atoms. The van der Waals surface area contributed by atoms with E-state index < -0.39 is 0 Å². The summed E-state index contributed by atoms with van der Waals surface area (Å²) in [5.41, 5.74) is 2.92. The van der Waals surface area contributed by atoms with Crippen molar-refractivity contribution in [2.24, 2.45) is 7.05 Å². The predicted octanol–water partition coefficient (Wildman–Crippen LogP) is 3.86. The third kappa shape index (κ3) is 4.12. The molecule has 3 rings (SSSR count). The SMILES string of the molecule is COc1ccc(F)cc1-c1cc(C(=O)NCCC2=CCCCC2)nn1C. The number of nitrogens with one attached hydrogen (secondary N) is 1. The van der Waals surface area contributed by atoms with Gasteiger partial charge in [0.1, 0.15) is 11.6 Å². The summed E-state index contributed by atoms with van der Waals surface area (Å²) in [6.45, 7) is 0.597. The van der Waals surface area contributed by atoms with E-state index in [9.17, 15) is 9.18 Å². The molecule has 138 valence electrons. The van der Waals surface area contributed by atoms with Crippen LogP contribution in [0, 0.1) is 5.82 Å². The fourth-order valence-electron chi connectivity index (χ4n) is 3.27. The molecule has 0 saturated heterocycles. The van der Waals surface area contributed by atoms with Crippen molar-refractivity contribution in [2.45, 2.75) is 32.1 Å². The zero-order chi connectivity index (χ0) is 18.5. The number of methoxy groups -OCH3 is 1. The normalized spacial score (nSPS) is 14.0. The summed E-state index contributed by atoms with van der Waals surface area (Å²) in [4.78, 5) is 12.4. The van der Waals surface area contributed by atoms with Crippen molar-refractivity contribution in [3.05, 3.63) is 47.4 Å². The highest BCUT2D eigenvalue weighted by atomic mass is 19.1. The van der Waals surface area contributed by atoms with Crippen molar-refractivity contribution < 1.29 is 13.9 Å². The van der Waals surface area contributed by atoms with Gasteiger partial charge in [-0.1, -0.05) is 11.6 Å². The maximum absolute atomic E-state index is 13.6. The minimum Gasteiger partial charge on any atom is -0.496 e. The summed E-state index contributed by atoms with van der Waals surface area (Å²) in [5, 5.41) is 7.19. The van der Waals surface area contributed by atoms with Gasteiger partial charge in [0.25, 0.3) is 5.91 Å². The molecule has 6 heteroatoms. The van der Waals surface area contributed by atoms with Gasteiger partial charge in [-0.15, -0.1) is 0 Å². The van der Waals surface area contributed by atoms with Crippen molar-refractivity contribution in [3.8, 4) is 17.0 Å². The second-order valence-electron chi connectivity index (χ2n) is 6.50. The van der Waals surface area contributed by atoms with Gasteiger partial charge in [-0.25, -0.2) is 4.39 Å². The van der Waals surface area contributed by atoms with Crippen LogP contribution in [0.15, 0.2) is 35.9 Å². The summed E-state index contributed by atoms with van der Waals surface area (Å²) in [5.74, 6) is -0.0574. The van der Waals surface area contributed by atoms with Crippen molar-refractivity contribution in [1.82, 2.24) is 15.1 Å². The number of ether oxygens (including phenoxy) is 1. The van der Waals surface area contributed by atoms with Crippen LogP contribution in [0.5, 0.6) is 5.75 Å². The van der Waals surface area contributed by atoms with Crippen LogP contribution in [-0.4, -0.2) is 29.3 Å². The number of hydrogen-bond acceptors (Lipinski definition) is 3. The van der Waals surface area contributed by atoms with E-state index in [0.29, 0.717) is 29.2 Å². The topological polar surface area (TPSA) is 56.1 Å². The summed E-state index contributed by atoms with van der Waals surface area (Å²) in [6, 6.07) is 5.95. The lowest BCUT2D eigenvalue weighted by Gasteiger charge is -2.12. The van der Waals surface area contributed by atoms with E-state index in [2.05, 4.69) is 16.5 Å². The predicted molar refractivity (Wildman–Crippen MR) is 98.7 cm³/mol. The second kappa shape index (κ2) is 8.17. The average molecular weight is 357 g/mol. The number of benzene rings is 1. The number of allylic oxidation sites excluding steroid dienone is 1.